The SMILES string of the molecule is N#Cc1cccc(NC(=O)c2ccc(Nc3cc(Cl)ccc3Cl)cn2)c1. The van der Waals surface area contributed by atoms with Crippen molar-refractivity contribution in [3.05, 3.63) is 82.1 Å². The van der Waals surface area contributed by atoms with Crippen LogP contribution in [0.15, 0.2) is 60.8 Å². The van der Waals surface area contributed by atoms with Crippen molar-refractivity contribution in [3.63, 3.8) is 0 Å². The Bertz CT molecular complexity index is 997. The number of benzene rings is 2. The standard InChI is InChI=1S/C19H12Cl2N4O/c20-13-4-6-16(21)18(9-13)24-15-5-7-17(23-11-15)19(26)25-14-3-1-2-12(8-14)10-22/h1-9,11,24H,(H,25,26). The molecule has 0 saturated heterocycles. The molecule has 1 amide bonds. The van der Waals surface area contributed by atoms with Crippen LogP contribution in [0.1, 0.15) is 16.1 Å². The average molecular weight is 383 g/mol. The fourth-order valence-electron chi connectivity index (χ4n) is 2.21. The van der Waals surface area contributed by atoms with Gasteiger partial charge in [-0.1, -0.05) is 29.3 Å². The molecule has 3 aromatic rings. The molecule has 0 aliphatic heterocycles. The molecule has 1 heterocycles. The van der Waals surface area contributed by atoms with Gasteiger partial charge in [0.2, 0.25) is 0 Å². The van der Waals surface area contributed by atoms with Crippen molar-refractivity contribution in [3.8, 4) is 6.07 Å². The number of pyridine rings is 1. The highest BCUT2D eigenvalue weighted by Gasteiger charge is 2.09. The van der Waals surface area contributed by atoms with Gasteiger partial charge in [0.05, 0.1) is 34.2 Å². The van der Waals surface area contributed by atoms with Gasteiger partial charge in [-0.3, -0.25) is 4.79 Å². The number of hydrogen-bond donors (Lipinski definition) is 2. The Hall–Kier alpha value is -3.07. The number of carbonyl (C=O) groups is 1. The molecule has 0 aliphatic carbocycles. The van der Waals surface area contributed by atoms with Crippen LogP contribution in [0.2, 0.25) is 10.0 Å². The molecule has 0 unspecified atom stereocenters. The molecule has 0 radical (unpaired) electrons. The van der Waals surface area contributed by atoms with Crippen LogP contribution < -0.4 is 10.6 Å². The number of hydrogen-bond acceptors (Lipinski definition) is 4. The maximum Gasteiger partial charge on any atom is 0.274 e. The first-order valence-corrected chi connectivity index (χ1v) is 8.30. The topological polar surface area (TPSA) is 77.8 Å². The van der Waals surface area contributed by atoms with Crippen molar-refractivity contribution < 1.29 is 4.79 Å². The van der Waals surface area contributed by atoms with Crippen LogP contribution in [0, 0.1) is 11.3 Å². The second kappa shape index (κ2) is 7.87. The minimum absolute atomic E-state index is 0.245. The van der Waals surface area contributed by atoms with Crippen LogP contribution in [-0.2, 0) is 0 Å². The summed E-state index contributed by atoms with van der Waals surface area (Å²) in [6, 6.07) is 17.1. The summed E-state index contributed by atoms with van der Waals surface area (Å²) in [5.74, 6) is -0.368. The van der Waals surface area contributed by atoms with E-state index in [1.807, 2.05) is 6.07 Å². The lowest BCUT2D eigenvalue weighted by Crippen LogP contribution is -2.13. The van der Waals surface area contributed by atoms with Gasteiger partial charge in [0.1, 0.15) is 5.69 Å². The van der Waals surface area contributed by atoms with Gasteiger partial charge in [-0.15, -0.1) is 0 Å². The molecule has 0 saturated carbocycles. The number of halogens is 2. The number of nitrogens with one attached hydrogen (secondary N) is 2. The van der Waals surface area contributed by atoms with Crippen LogP contribution in [0.3, 0.4) is 0 Å². The lowest BCUT2D eigenvalue weighted by atomic mass is 10.2. The Morgan fingerprint density at radius 1 is 1.04 bits per heavy atom. The molecule has 7 heteroatoms. The van der Waals surface area contributed by atoms with Gasteiger partial charge in [0.15, 0.2) is 0 Å². The highest BCUT2D eigenvalue weighted by atomic mass is 35.5. The summed E-state index contributed by atoms with van der Waals surface area (Å²) in [7, 11) is 0. The van der Waals surface area contributed by atoms with Crippen molar-refractivity contribution in [2.75, 3.05) is 10.6 Å². The smallest absolute Gasteiger partial charge is 0.274 e. The zero-order valence-corrected chi connectivity index (χ0v) is 14.8. The van der Waals surface area contributed by atoms with E-state index in [2.05, 4.69) is 15.6 Å². The molecule has 0 fully saturated rings. The number of amides is 1. The minimum atomic E-state index is -0.368. The molecular formula is C19H12Cl2N4O. The van der Waals surface area contributed by atoms with E-state index in [0.717, 1.165) is 0 Å². The first-order chi connectivity index (χ1) is 12.5. The predicted molar refractivity (Wildman–Crippen MR) is 103 cm³/mol. The van der Waals surface area contributed by atoms with E-state index in [9.17, 15) is 4.79 Å². The fourth-order valence-corrected chi connectivity index (χ4v) is 2.55. The summed E-state index contributed by atoms with van der Waals surface area (Å²) in [5.41, 5.74) is 2.55. The Morgan fingerprint density at radius 3 is 2.62 bits per heavy atom. The molecule has 128 valence electrons. The second-order valence-corrected chi connectivity index (χ2v) is 6.17. The Balaban J connectivity index is 1.71. The summed E-state index contributed by atoms with van der Waals surface area (Å²) in [6.07, 6.45) is 1.53. The molecule has 0 atom stereocenters. The first-order valence-electron chi connectivity index (χ1n) is 7.55. The number of nitrogens with zero attached hydrogens (tertiary/aromatic N) is 2. The lowest BCUT2D eigenvalue weighted by molar-refractivity contribution is 0.102. The maximum atomic E-state index is 12.3. The van der Waals surface area contributed by atoms with Gasteiger partial charge in [-0.05, 0) is 48.5 Å². The van der Waals surface area contributed by atoms with E-state index in [4.69, 9.17) is 28.5 Å². The first kappa shape index (κ1) is 17.7. The summed E-state index contributed by atoms with van der Waals surface area (Å²) in [5, 5.41) is 15.8. The quantitative estimate of drug-likeness (QED) is 0.645. The highest BCUT2D eigenvalue weighted by Crippen LogP contribution is 2.28. The van der Waals surface area contributed by atoms with Crippen LogP contribution in [-0.4, -0.2) is 10.9 Å². The Labute approximate surface area is 160 Å². The van der Waals surface area contributed by atoms with Crippen LogP contribution >= 0.6 is 23.2 Å². The number of anilines is 3. The van der Waals surface area contributed by atoms with Crippen LogP contribution in [0.25, 0.3) is 0 Å². The van der Waals surface area contributed by atoms with E-state index >= 15 is 0 Å². The lowest BCUT2D eigenvalue weighted by Gasteiger charge is -2.09. The van der Waals surface area contributed by atoms with Crippen LogP contribution in [0.4, 0.5) is 17.1 Å². The molecule has 5 nitrogen and oxygen atoms in total. The number of aromatic nitrogens is 1. The van der Waals surface area contributed by atoms with Gasteiger partial charge in [-0.25, -0.2) is 4.98 Å². The molecule has 2 aromatic carbocycles. The molecule has 1 aromatic heterocycles. The average Bonchev–Trinajstić information content (AvgIpc) is 2.65. The largest absolute Gasteiger partial charge is 0.353 e. The van der Waals surface area contributed by atoms with Gasteiger partial charge in [0.25, 0.3) is 5.91 Å². The monoisotopic (exact) mass is 382 g/mol. The van der Waals surface area contributed by atoms with E-state index in [1.165, 1.54) is 6.20 Å². The van der Waals surface area contributed by atoms with Crippen molar-refractivity contribution in [1.29, 1.82) is 5.26 Å². The third-order valence-electron chi connectivity index (χ3n) is 3.45. The zero-order valence-electron chi connectivity index (χ0n) is 13.3. The van der Waals surface area contributed by atoms with Crippen molar-refractivity contribution >= 4 is 46.2 Å². The maximum absolute atomic E-state index is 12.3. The molecule has 0 bridgehead atoms. The van der Waals surface area contributed by atoms with E-state index in [-0.39, 0.29) is 11.6 Å². The molecule has 0 aliphatic rings. The zero-order chi connectivity index (χ0) is 18.5. The van der Waals surface area contributed by atoms with Crippen LogP contribution in [0.5, 0.6) is 0 Å². The summed E-state index contributed by atoms with van der Waals surface area (Å²) in [4.78, 5) is 16.4. The number of carbonyl (C=O) groups excluding carboxylic acids is 1. The molecular weight excluding hydrogens is 371 g/mol. The third kappa shape index (κ3) is 4.31. The Morgan fingerprint density at radius 2 is 1.88 bits per heavy atom. The van der Waals surface area contributed by atoms with Gasteiger partial charge in [-0.2, -0.15) is 5.26 Å². The van der Waals surface area contributed by atoms with Gasteiger partial charge >= 0.3 is 0 Å². The normalized spacial score (nSPS) is 10.0. The van der Waals surface area contributed by atoms with Crippen molar-refractivity contribution in [2.24, 2.45) is 0 Å². The van der Waals surface area contributed by atoms with E-state index in [1.54, 1.807) is 54.6 Å². The molecule has 3 rings (SSSR count). The highest BCUT2D eigenvalue weighted by molar-refractivity contribution is 6.35. The summed E-state index contributed by atoms with van der Waals surface area (Å²) in [6.45, 7) is 0. The molecule has 2 N–H and O–H groups in total. The van der Waals surface area contributed by atoms with E-state index < -0.39 is 0 Å². The molecule has 26 heavy (non-hydrogen) atoms. The van der Waals surface area contributed by atoms with E-state index in [0.29, 0.717) is 32.7 Å². The minimum Gasteiger partial charge on any atom is -0.353 e. The second-order valence-electron chi connectivity index (χ2n) is 5.33. The number of nitriles is 1. The predicted octanol–water partition coefficient (Wildman–Crippen LogP) is 5.26. The molecule has 0 spiro atoms. The van der Waals surface area contributed by atoms with Gasteiger partial charge in [0, 0.05) is 10.7 Å². The van der Waals surface area contributed by atoms with Crippen molar-refractivity contribution in [2.45, 2.75) is 0 Å². The number of rotatable bonds is 4. The van der Waals surface area contributed by atoms with Crippen molar-refractivity contribution in [1.82, 2.24) is 4.98 Å². The summed E-state index contributed by atoms with van der Waals surface area (Å²) < 4.78 is 0. The fraction of sp³-hybridized carbons (Fsp3) is 0. The van der Waals surface area contributed by atoms with Gasteiger partial charge < -0.3 is 10.6 Å². The summed E-state index contributed by atoms with van der Waals surface area (Å²) >= 11 is 12.1. The third-order valence-corrected chi connectivity index (χ3v) is 4.02. The Kier molecular flexibility index (Phi) is 5.37.